The molecular weight excluding hydrogens is 639 g/mol. The molecule has 0 bridgehead atoms. The molecule has 0 aliphatic heterocycles. The lowest BCUT2D eigenvalue weighted by Crippen LogP contribution is -2.15. The van der Waals surface area contributed by atoms with Crippen LogP contribution in [0.3, 0.4) is 0 Å². The van der Waals surface area contributed by atoms with Gasteiger partial charge in [-0.15, -0.1) is 11.3 Å². The fraction of sp³-hybridized carbons (Fsp3) is 0.0638. The maximum absolute atomic E-state index is 5.24. The van der Waals surface area contributed by atoms with Gasteiger partial charge in [-0.1, -0.05) is 135 Å². The van der Waals surface area contributed by atoms with Gasteiger partial charge in [0.05, 0.1) is 26.9 Å². The Hall–Kier alpha value is -6.10. The molecule has 7 aromatic carbocycles. The van der Waals surface area contributed by atoms with Crippen molar-refractivity contribution < 1.29 is 0 Å². The second-order valence-electron chi connectivity index (χ2n) is 14.1. The SMILES string of the molecule is CC1(C)c2ccccc2-c2c1c1c3ccccc3sc1c1c2c2ccccc2n1-c1ccc2nc(-c3ccccc3)nc(-c3ccccc3)c2c1. The largest absolute Gasteiger partial charge is 0.308 e. The second kappa shape index (κ2) is 10.5. The summed E-state index contributed by atoms with van der Waals surface area (Å²) in [6, 6.07) is 54.5. The molecule has 51 heavy (non-hydrogen) atoms. The number of fused-ring (bicyclic) bond motifs is 13. The van der Waals surface area contributed by atoms with Gasteiger partial charge >= 0.3 is 0 Å². The molecule has 10 aromatic rings. The van der Waals surface area contributed by atoms with Crippen LogP contribution in [0.1, 0.15) is 25.0 Å². The van der Waals surface area contributed by atoms with Crippen LogP contribution < -0.4 is 0 Å². The number of rotatable bonds is 3. The van der Waals surface area contributed by atoms with Crippen LogP contribution >= 0.6 is 11.3 Å². The van der Waals surface area contributed by atoms with Crippen LogP contribution in [0.25, 0.3) is 92.3 Å². The Bertz CT molecular complexity index is 3040. The number of benzene rings is 7. The molecule has 4 heteroatoms. The first-order chi connectivity index (χ1) is 25.1. The standard InChI is InChI=1S/C47H31N3S/c1-47(2)35-22-12-9-19-31(35)39-40-32-20-10-13-23-37(32)50(44(40)45-41(42(39)47)33-21-11-14-24-38(33)51-45)30-25-26-36-34(27-30)43(28-15-5-3-6-16-28)49-46(48-36)29-17-7-4-8-18-29/h3-27H,1-2H3. The number of aromatic nitrogens is 3. The van der Waals surface area contributed by atoms with E-state index in [1.165, 1.54) is 64.2 Å². The zero-order valence-corrected chi connectivity index (χ0v) is 29.0. The summed E-state index contributed by atoms with van der Waals surface area (Å²) in [4.78, 5) is 10.4. The number of para-hydroxylation sites is 1. The number of thiophene rings is 1. The van der Waals surface area contributed by atoms with Gasteiger partial charge in [0.1, 0.15) is 0 Å². The first-order valence-corrected chi connectivity index (χ1v) is 18.3. The van der Waals surface area contributed by atoms with E-state index in [-0.39, 0.29) is 5.41 Å². The van der Waals surface area contributed by atoms with Crippen molar-refractivity contribution in [1.82, 2.24) is 14.5 Å². The van der Waals surface area contributed by atoms with Crippen LogP contribution in [0, 0.1) is 0 Å². The summed E-state index contributed by atoms with van der Waals surface area (Å²) in [7, 11) is 0. The summed E-state index contributed by atoms with van der Waals surface area (Å²) in [5.41, 5.74) is 12.9. The third-order valence-electron chi connectivity index (χ3n) is 10.9. The molecule has 0 N–H and O–H groups in total. The zero-order valence-electron chi connectivity index (χ0n) is 28.2. The molecule has 0 saturated carbocycles. The number of hydrogen-bond donors (Lipinski definition) is 0. The van der Waals surface area contributed by atoms with Crippen molar-refractivity contribution >= 4 is 64.2 Å². The first kappa shape index (κ1) is 28.7. The van der Waals surface area contributed by atoms with E-state index in [4.69, 9.17) is 9.97 Å². The molecule has 3 aromatic heterocycles. The smallest absolute Gasteiger partial charge is 0.160 e. The van der Waals surface area contributed by atoms with Crippen molar-refractivity contribution in [2.45, 2.75) is 19.3 Å². The summed E-state index contributed by atoms with van der Waals surface area (Å²) in [6.07, 6.45) is 0. The van der Waals surface area contributed by atoms with Crippen molar-refractivity contribution in [2.24, 2.45) is 0 Å². The monoisotopic (exact) mass is 669 g/mol. The highest BCUT2D eigenvalue weighted by Gasteiger charge is 2.40. The second-order valence-corrected chi connectivity index (χ2v) is 15.2. The summed E-state index contributed by atoms with van der Waals surface area (Å²) in [5, 5.41) is 6.35. The van der Waals surface area contributed by atoms with Gasteiger partial charge in [0.25, 0.3) is 0 Å². The summed E-state index contributed by atoms with van der Waals surface area (Å²) < 4.78 is 5.16. The Balaban J connectivity index is 1.31. The zero-order chi connectivity index (χ0) is 33.8. The minimum absolute atomic E-state index is 0.146. The molecule has 0 unspecified atom stereocenters. The molecular formula is C47H31N3S. The van der Waals surface area contributed by atoms with Crippen LogP contribution in [0.4, 0.5) is 0 Å². The van der Waals surface area contributed by atoms with Crippen LogP contribution in [0.5, 0.6) is 0 Å². The average Bonchev–Trinajstić information content (AvgIpc) is 3.81. The van der Waals surface area contributed by atoms with E-state index in [0.717, 1.165) is 39.2 Å². The van der Waals surface area contributed by atoms with Crippen LogP contribution in [-0.4, -0.2) is 14.5 Å². The molecule has 0 fully saturated rings. The quantitative estimate of drug-likeness (QED) is 0.187. The Morgan fingerprint density at radius 2 is 1.27 bits per heavy atom. The van der Waals surface area contributed by atoms with E-state index in [2.05, 4.69) is 152 Å². The summed E-state index contributed by atoms with van der Waals surface area (Å²) in [5.74, 6) is 0.732. The van der Waals surface area contributed by atoms with Gasteiger partial charge in [0.15, 0.2) is 5.82 Å². The lowest BCUT2D eigenvalue weighted by molar-refractivity contribution is 0.667. The molecule has 11 rings (SSSR count). The lowest BCUT2D eigenvalue weighted by atomic mass is 9.80. The molecule has 0 amide bonds. The third-order valence-corrected chi connectivity index (χ3v) is 12.1. The fourth-order valence-corrected chi connectivity index (χ4v) is 10.0. The van der Waals surface area contributed by atoms with Gasteiger partial charge in [-0.25, -0.2) is 9.97 Å². The highest BCUT2D eigenvalue weighted by molar-refractivity contribution is 7.26. The predicted octanol–water partition coefficient (Wildman–Crippen LogP) is 12.7. The van der Waals surface area contributed by atoms with Crippen LogP contribution in [-0.2, 0) is 5.41 Å². The number of hydrogen-bond acceptors (Lipinski definition) is 3. The van der Waals surface area contributed by atoms with Crippen LogP contribution in [0.15, 0.2) is 152 Å². The minimum atomic E-state index is -0.146. The van der Waals surface area contributed by atoms with Crippen molar-refractivity contribution in [3.8, 4) is 39.5 Å². The van der Waals surface area contributed by atoms with Crippen molar-refractivity contribution in [3.05, 3.63) is 163 Å². The lowest BCUT2D eigenvalue weighted by Gasteiger charge is -2.23. The topological polar surface area (TPSA) is 30.7 Å². The van der Waals surface area contributed by atoms with Crippen molar-refractivity contribution in [2.75, 3.05) is 0 Å². The van der Waals surface area contributed by atoms with E-state index < -0.39 is 0 Å². The normalized spacial score (nSPS) is 13.5. The molecule has 3 nitrogen and oxygen atoms in total. The van der Waals surface area contributed by atoms with Crippen molar-refractivity contribution in [1.29, 1.82) is 0 Å². The predicted molar refractivity (Wildman–Crippen MR) is 215 cm³/mol. The van der Waals surface area contributed by atoms with Crippen LogP contribution in [0.2, 0.25) is 0 Å². The number of nitrogens with zero attached hydrogens (tertiary/aromatic N) is 3. The minimum Gasteiger partial charge on any atom is -0.308 e. The summed E-state index contributed by atoms with van der Waals surface area (Å²) >= 11 is 1.92. The molecule has 0 atom stereocenters. The molecule has 1 aliphatic carbocycles. The Labute approximate surface area is 299 Å². The van der Waals surface area contributed by atoms with Gasteiger partial charge in [-0.05, 0) is 52.6 Å². The van der Waals surface area contributed by atoms with Gasteiger partial charge in [-0.3, -0.25) is 0 Å². The molecule has 0 spiro atoms. The van der Waals surface area contributed by atoms with Crippen molar-refractivity contribution in [3.63, 3.8) is 0 Å². The van der Waals surface area contributed by atoms with Gasteiger partial charge in [0.2, 0.25) is 0 Å². The molecule has 3 heterocycles. The maximum atomic E-state index is 5.24. The van der Waals surface area contributed by atoms with Gasteiger partial charge in [-0.2, -0.15) is 0 Å². The van der Waals surface area contributed by atoms with E-state index >= 15 is 0 Å². The van der Waals surface area contributed by atoms with Gasteiger partial charge in [0, 0.05) is 53.9 Å². The Kier molecular flexibility index (Phi) is 5.89. The maximum Gasteiger partial charge on any atom is 0.160 e. The Morgan fingerprint density at radius 1 is 0.588 bits per heavy atom. The summed E-state index contributed by atoms with van der Waals surface area (Å²) in [6.45, 7) is 4.82. The highest BCUT2D eigenvalue weighted by Crippen LogP contribution is 2.58. The first-order valence-electron chi connectivity index (χ1n) is 17.5. The highest BCUT2D eigenvalue weighted by atomic mass is 32.1. The molecule has 240 valence electrons. The van der Waals surface area contributed by atoms with E-state index in [9.17, 15) is 0 Å². The Morgan fingerprint density at radius 3 is 2.10 bits per heavy atom. The molecule has 0 saturated heterocycles. The molecule has 0 radical (unpaired) electrons. The molecule has 1 aliphatic rings. The van der Waals surface area contributed by atoms with E-state index in [0.29, 0.717) is 0 Å². The van der Waals surface area contributed by atoms with Gasteiger partial charge < -0.3 is 4.57 Å². The average molecular weight is 670 g/mol. The third kappa shape index (κ3) is 3.94. The van der Waals surface area contributed by atoms with E-state index in [1.54, 1.807) is 0 Å². The fourth-order valence-electron chi connectivity index (χ4n) is 8.75. The van der Waals surface area contributed by atoms with E-state index in [1.807, 2.05) is 29.5 Å².